The fourth-order valence-electron chi connectivity index (χ4n) is 3.06. The van der Waals surface area contributed by atoms with Gasteiger partial charge in [-0.15, -0.1) is 12.4 Å². The Morgan fingerprint density at radius 1 is 1.19 bits per heavy atom. The van der Waals surface area contributed by atoms with Crippen LogP contribution >= 0.6 is 24.0 Å². The number of hydrogen-bond acceptors (Lipinski definition) is 3. The summed E-state index contributed by atoms with van der Waals surface area (Å²) >= 11 is 6.11. The summed E-state index contributed by atoms with van der Waals surface area (Å²) in [5, 5.41) is 6.70. The van der Waals surface area contributed by atoms with Crippen LogP contribution in [0.4, 0.5) is 5.69 Å². The van der Waals surface area contributed by atoms with Crippen molar-refractivity contribution >= 4 is 41.5 Å². The Labute approximate surface area is 164 Å². The van der Waals surface area contributed by atoms with Gasteiger partial charge in [0.1, 0.15) is 0 Å². The average molecular weight is 394 g/mol. The minimum Gasteiger partial charge on any atom is -0.329 e. The van der Waals surface area contributed by atoms with Crippen LogP contribution in [0.15, 0.2) is 48.5 Å². The molecule has 2 aromatic rings. The van der Waals surface area contributed by atoms with Gasteiger partial charge in [-0.05, 0) is 35.9 Å². The molecule has 1 atom stereocenters. The van der Waals surface area contributed by atoms with Gasteiger partial charge in [-0.2, -0.15) is 0 Å². The van der Waals surface area contributed by atoms with E-state index >= 15 is 0 Å². The van der Waals surface area contributed by atoms with Crippen molar-refractivity contribution in [3.05, 3.63) is 64.7 Å². The Kier molecular flexibility index (Phi) is 7.03. The van der Waals surface area contributed by atoms with E-state index in [2.05, 4.69) is 10.6 Å². The molecular formula is C19H21Cl2N3O2. The van der Waals surface area contributed by atoms with Gasteiger partial charge < -0.3 is 15.5 Å². The van der Waals surface area contributed by atoms with E-state index in [9.17, 15) is 9.59 Å². The van der Waals surface area contributed by atoms with Gasteiger partial charge in [-0.1, -0.05) is 29.8 Å². The zero-order valence-corrected chi connectivity index (χ0v) is 15.9. The van der Waals surface area contributed by atoms with Crippen molar-refractivity contribution < 1.29 is 9.59 Å². The molecule has 0 saturated carbocycles. The van der Waals surface area contributed by atoms with Crippen LogP contribution in [0.25, 0.3) is 0 Å². The predicted molar refractivity (Wildman–Crippen MR) is 106 cm³/mol. The number of rotatable bonds is 3. The van der Waals surface area contributed by atoms with Crippen LogP contribution in [0.2, 0.25) is 5.02 Å². The predicted octanol–water partition coefficient (Wildman–Crippen LogP) is 3.51. The number of carbonyl (C=O) groups is 2. The molecule has 0 bridgehead atoms. The van der Waals surface area contributed by atoms with Crippen molar-refractivity contribution in [3.8, 4) is 0 Å². The van der Waals surface area contributed by atoms with Crippen LogP contribution in [-0.4, -0.2) is 36.3 Å². The molecule has 2 amide bonds. The second kappa shape index (κ2) is 9.03. The number of amides is 2. The van der Waals surface area contributed by atoms with E-state index in [1.165, 1.54) is 6.92 Å². The molecular weight excluding hydrogens is 373 g/mol. The lowest BCUT2D eigenvalue weighted by atomic mass is 10.0. The highest BCUT2D eigenvalue weighted by Crippen LogP contribution is 2.26. The van der Waals surface area contributed by atoms with Crippen LogP contribution in [0.3, 0.4) is 0 Å². The Morgan fingerprint density at radius 3 is 2.69 bits per heavy atom. The molecule has 5 nitrogen and oxygen atoms in total. The lowest BCUT2D eigenvalue weighted by molar-refractivity contribution is -0.114. The summed E-state index contributed by atoms with van der Waals surface area (Å²) in [6.07, 6.45) is 0. The fraction of sp³-hybridized carbons (Fsp3) is 0.263. The summed E-state index contributed by atoms with van der Waals surface area (Å²) in [4.78, 5) is 26.2. The minimum absolute atomic E-state index is 0. The zero-order valence-electron chi connectivity index (χ0n) is 14.4. The maximum Gasteiger partial charge on any atom is 0.254 e. The first-order valence-electron chi connectivity index (χ1n) is 8.19. The maximum atomic E-state index is 13.1. The number of halogens is 2. The van der Waals surface area contributed by atoms with Gasteiger partial charge in [0.05, 0.1) is 6.04 Å². The molecule has 3 rings (SSSR count). The number of nitrogens with zero attached hydrogens (tertiary/aromatic N) is 1. The van der Waals surface area contributed by atoms with Gasteiger partial charge >= 0.3 is 0 Å². The first-order valence-corrected chi connectivity index (χ1v) is 8.57. The number of anilines is 1. The van der Waals surface area contributed by atoms with E-state index in [0.29, 0.717) is 29.4 Å². The van der Waals surface area contributed by atoms with Gasteiger partial charge in [0.15, 0.2) is 0 Å². The molecule has 7 heteroatoms. The van der Waals surface area contributed by atoms with Gasteiger partial charge in [0.25, 0.3) is 5.91 Å². The summed E-state index contributed by atoms with van der Waals surface area (Å²) in [6, 6.07) is 14.5. The molecule has 0 radical (unpaired) electrons. The normalized spacial score (nSPS) is 16.5. The van der Waals surface area contributed by atoms with Crippen LogP contribution in [0.5, 0.6) is 0 Å². The molecule has 0 spiro atoms. The second-order valence-corrected chi connectivity index (χ2v) is 6.47. The van der Waals surface area contributed by atoms with Crippen LogP contribution in [-0.2, 0) is 4.79 Å². The van der Waals surface area contributed by atoms with Crippen LogP contribution in [0, 0.1) is 0 Å². The Balaban J connectivity index is 0.00000243. The van der Waals surface area contributed by atoms with Gasteiger partial charge in [0.2, 0.25) is 5.91 Å². The van der Waals surface area contributed by atoms with E-state index in [0.717, 1.165) is 12.1 Å². The van der Waals surface area contributed by atoms with E-state index in [1.807, 2.05) is 29.2 Å². The highest BCUT2D eigenvalue weighted by Gasteiger charge is 2.28. The van der Waals surface area contributed by atoms with Crippen LogP contribution in [0.1, 0.15) is 28.9 Å². The summed E-state index contributed by atoms with van der Waals surface area (Å²) in [5.74, 6) is -0.220. The van der Waals surface area contributed by atoms with Gasteiger partial charge in [-0.3, -0.25) is 9.59 Å². The number of benzene rings is 2. The Hall–Kier alpha value is -2.08. The lowest BCUT2D eigenvalue weighted by Crippen LogP contribution is -2.48. The average Bonchev–Trinajstić information content (AvgIpc) is 2.61. The van der Waals surface area contributed by atoms with Crippen molar-refractivity contribution in [2.45, 2.75) is 13.0 Å². The maximum absolute atomic E-state index is 13.1. The third-order valence-corrected chi connectivity index (χ3v) is 4.40. The number of piperazine rings is 1. The van der Waals surface area contributed by atoms with E-state index < -0.39 is 0 Å². The number of hydrogen-bond donors (Lipinski definition) is 2. The molecule has 1 heterocycles. The summed E-state index contributed by atoms with van der Waals surface area (Å²) in [5.41, 5.74) is 2.18. The minimum atomic E-state index is -0.163. The van der Waals surface area contributed by atoms with Gasteiger partial charge in [0, 0.05) is 42.8 Å². The molecule has 26 heavy (non-hydrogen) atoms. The molecule has 2 aromatic carbocycles. The SMILES string of the molecule is CC(=O)Nc1cccc(C(=O)N2CCNCC2c2cccc(Cl)c2)c1.Cl. The Morgan fingerprint density at radius 2 is 1.96 bits per heavy atom. The third-order valence-electron chi connectivity index (χ3n) is 4.17. The summed E-state index contributed by atoms with van der Waals surface area (Å²) in [6.45, 7) is 3.48. The smallest absolute Gasteiger partial charge is 0.254 e. The highest BCUT2D eigenvalue weighted by molar-refractivity contribution is 6.30. The third kappa shape index (κ3) is 4.75. The van der Waals surface area contributed by atoms with Crippen molar-refractivity contribution in [2.24, 2.45) is 0 Å². The number of nitrogens with one attached hydrogen (secondary N) is 2. The first-order chi connectivity index (χ1) is 12.0. The zero-order chi connectivity index (χ0) is 17.8. The molecule has 1 saturated heterocycles. The van der Waals surface area contributed by atoms with Gasteiger partial charge in [-0.25, -0.2) is 0 Å². The van der Waals surface area contributed by atoms with E-state index in [-0.39, 0.29) is 30.3 Å². The molecule has 138 valence electrons. The molecule has 1 aliphatic heterocycles. The highest BCUT2D eigenvalue weighted by atomic mass is 35.5. The van der Waals surface area contributed by atoms with Crippen molar-refractivity contribution in [1.29, 1.82) is 0 Å². The fourth-order valence-corrected chi connectivity index (χ4v) is 3.26. The summed E-state index contributed by atoms with van der Waals surface area (Å²) in [7, 11) is 0. The molecule has 2 N–H and O–H groups in total. The molecule has 0 aliphatic carbocycles. The Bertz CT molecular complexity index is 798. The lowest BCUT2D eigenvalue weighted by Gasteiger charge is -2.36. The largest absolute Gasteiger partial charge is 0.329 e. The van der Waals surface area contributed by atoms with Crippen molar-refractivity contribution in [3.63, 3.8) is 0 Å². The quantitative estimate of drug-likeness (QED) is 0.838. The van der Waals surface area contributed by atoms with Crippen LogP contribution < -0.4 is 10.6 Å². The topological polar surface area (TPSA) is 61.4 Å². The standard InChI is InChI=1S/C19H20ClN3O2.ClH/c1-13(24)22-17-7-3-5-15(11-17)19(25)23-9-8-21-12-18(23)14-4-2-6-16(20)10-14;/h2-7,10-11,18,21H,8-9,12H2,1H3,(H,22,24);1H. The monoisotopic (exact) mass is 393 g/mol. The molecule has 1 unspecified atom stereocenters. The molecule has 0 aromatic heterocycles. The van der Waals surface area contributed by atoms with E-state index in [4.69, 9.17) is 11.6 Å². The first kappa shape index (κ1) is 20.2. The summed E-state index contributed by atoms with van der Waals surface area (Å²) < 4.78 is 0. The van der Waals surface area contributed by atoms with Crippen molar-refractivity contribution in [2.75, 3.05) is 25.0 Å². The van der Waals surface area contributed by atoms with Crippen molar-refractivity contribution in [1.82, 2.24) is 10.2 Å². The number of carbonyl (C=O) groups excluding carboxylic acids is 2. The molecule has 1 aliphatic rings. The molecule has 1 fully saturated rings. The van der Waals surface area contributed by atoms with E-state index in [1.54, 1.807) is 24.3 Å². The second-order valence-electron chi connectivity index (χ2n) is 6.04.